The van der Waals surface area contributed by atoms with Crippen molar-refractivity contribution in [2.45, 2.75) is 33.0 Å². The number of carbonyl (C=O) groups is 1. The van der Waals surface area contributed by atoms with Crippen molar-refractivity contribution in [2.75, 3.05) is 6.54 Å². The van der Waals surface area contributed by atoms with E-state index < -0.39 is 0 Å². The van der Waals surface area contributed by atoms with Crippen LogP contribution in [0, 0.1) is 0 Å². The number of amides is 1. The molecule has 5 heteroatoms. The highest BCUT2D eigenvalue weighted by Crippen LogP contribution is 2.06. The Labute approximate surface area is 94.8 Å². The van der Waals surface area contributed by atoms with E-state index >= 15 is 0 Å². The minimum absolute atomic E-state index is 0.0380. The summed E-state index contributed by atoms with van der Waals surface area (Å²) in [6.07, 6.45) is 0. The van der Waals surface area contributed by atoms with Gasteiger partial charge in [-0.05, 0) is 26.0 Å². The van der Waals surface area contributed by atoms with Crippen molar-refractivity contribution in [3.05, 3.63) is 23.7 Å². The van der Waals surface area contributed by atoms with Gasteiger partial charge in [-0.2, -0.15) is 0 Å². The first-order chi connectivity index (χ1) is 7.61. The Morgan fingerprint density at radius 3 is 2.69 bits per heavy atom. The molecule has 0 radical (unpaired) electrons. The van der Waals surface area contributed by atoms with E-state index in [4.69, 9.17) is 9.52 Å². The number of aliphatic hydroxyl groups is 1. The third-order valence-corrected chi connectivity index (χ3v) is 1.91. The summed E-state index contributed by atoms with van der Waals surface area (Å²) in [5.74, 6) is 1.20. The molecule has 1 amide bonds. The molecule has 0 atom stereocenters. The zero-order valence-electron chi connectivity index (χ0n) is 9.62. The van der Waals surface area contributed by atoms with Crippen LogP contribution in [-0.4, -0.2) is 23.6 Å². The number of nitrogens with one attached hydrogen (secondary N) is 2. The van der Waals surface area contributed by atoms with E-state index in [0.29, 0.717) is 18.1 Å². The molecule has 0 spiro atoms. The van der Waals surface area contributed by atoms with Gasteiger partial charge in [0.15, 0.2) is 0 Å². The van der Waals surface area contributed by atoms with Crippen LogP contribution in [0.15, 0.2) is 16.5 Å². The van der Waals surface area contributed by atoms with Crippen LogP contribution in [0.2, 0.25) is 0 Å². The van der Waals surface area contributed by atoms with Crippen LogP contribution in [0.4, 0.5) is 0 Å². The quantitative estimate of drug-likeness (QED) is 0.656. The van der Waals surface area contributed by atoms with Gasteiger partial charge in [-0.15, -0.1) is 0 Å². The summed E-state index contributed by atoms with van der Waals surface area (Å²) >= 11 is 0. The average molecular weight is 226 g/mol. The summed E-state index contributed by atoms with van der Waals surface area (Å²) in [4.78, 5) is 11.3. The standard InChI is InChI=1S/C11H18N2O3/c1-8(2)13-11(15)6-12-5-9-3-4-10(7-14)16-9/h3-4,8,12,14H,5-7H2,1-2H3,(H,13,15). The Balaban J connectivity index is 2.22. The van der Waals surface area contributed by atoms with Gasteiger partial charge in [-0.25, -0.2) is 0 Å². The Morgan fingerprint density at radius 1 is 1.44 bits per heavy atom. The monoisotopic (exact) mass is 226 g/mol. The van der Waals surface area contributed by atoms with E-state index in [9.17, 15) is 4.79 Å². The van der Waals surface area contributed by atoms with Gasteiger partial charge in [-0.3, -0.25) is 4.79 Å². The Bertz CT molecular complexity index is 334. The molecule has 0 unspecified atom stereocenters. The minimum Gasteiger partial charge on any atom is -0.462 e. The van der Waals surface area contributed by atoms with Crippen molar-refractivity contribution < 1.29 is 14.3 Å². The molecule has 0 aliphatic rings. The predicted molar refractivity (Wildman–Crippen MR) is 59.6 cm³/mol. The maximum atomic E-state index is 11.3. The summed E-state index contributed by atoms with van der Waals surface area (Å²) in [5, 5.41) is 14.5. The highest BCUT2D eigenvalue weighted by Gasteiger charge is 2.04. The minimum atomic E-state index is -0.103. The van der Waals surface area contributed by atoms with Gasteiger partial charge < -0.3 is 20.2 Å². The normalized spacial score (nSPS) is 10.8. The second kappa shape index (κ2) is 6.30. The Hall–Kier alpha value is -1.33. The van der Waals surface area contributed by atoms with Crippen LogP contribution >= 0.6 is 0 Å². The molecule has 0 saturated heterocycles. The largest absolute Gasteiger partial charge is 0.462 e. The highest BCUT2D eigenvalue weighted by atomic mass is 16.4. The Morgan fingerprint density at radius 2 is 2.12 bits per heavy atom. The van der Waals surface area contributed by atoms with Crippen LogP contribution in [0.1, 0.15) is 25.4 Å². The van der Waals surface area contributed by atoms with Crippen LogP contribution < -0.4 is 10.6 Å². The molecule has 90 valence electrons. The van der Waals surface area contributed by atoms with Crippen LogP contribution in [0.3, 0.4) is 0 Å². The van der Waals surface area contributed by atoms with Crippen molar-refractivity contribution in [1.82, 2.24) is 10.6 Å². The van der Waals surface area contributed by atoms with Crippen molar-refractivity contribution in [3.63, 3.8) is 0 Å². The van der Waals surface area contributed by atoms with Crippen LogP contribution in [0.5, 0.6) is 0 Å². The summed E-state index contributed by atoms with van der Waals surface area (Å²) < 4.78 is 5.25. The lowest BCUT2D eigenvalue weighted by molar-refractivity contribution is -0.120. The van der Waals surface area contributed by atoms with Crippen LogP contribution in [0.25, 0.3) is 0 Å². The van der Waals surface area contributed by atoms with E-state index in [1.54, 1.807) is 12.1 Å². The second-order valence-electron chi connectivity index (χ2n) is 3.85. The summed E-state index contributed by atoms with van der Waals surface area (Å²) in [5.41, 5.74) is 0. The molecule has 0 bridgehead atoms. The summed E-state index contributed by atoms with van der Waals surface area (Å²) in [7, 11) is 0. The highest BCUT2D eigenvalue weighted by molar-refractivity contribution is 5.78. The number of rotatable bonds is 6. The van der Waals surface area contributed by atoms with E-state index in [0.717, 1.165) is 0 Å². The van der Waals surface area contributed by atoms with Gasteiger partial charge in [0.1, 0.15) is 18.1 Å². The number of furan rings is 1. The van der Waals surface area contributed by atoms with Crippen molar-refractivity contribution in [2.24, 2.45) is 0 Å². The molecule has 0 aliphatic heterocycles. The lowest BCUT2D eigenvalue weighted by atomic mass is 10.4. The lowest BCUT2D eigenvalue weighted by Crippen LogP contribution is -2.37. The number of carbonyl (C=O) groups excluding carboxylic acids is 1. The average Bonchev–Trinajstić information content (AvgIpc) is 2.64. The SMILES string of the molecule is CC(C)NC(=O)CNCc1ccc(CO)o1. The molecule has 5 nitrogen and oxygen atoms in total. The maximum absolute atomic E-state index is 11.3. The molecule has 3 N–H and O–H groups in total. The zero-order chi connectivity index (χ0) is 12.0. The molecular formula is C11H18N2O3. The fraction of sp³-hybridized carbons (Fsp3) is 0.545. The molecular weight excluding hydrogens is 208 g/mol. The number of hydrogen-bond donors (Lipinski definition) is 3. The Kier molecular flexibility index (Phi) is 5.01. The zero-order valence-corrected chi connectivity index (χ0v) is 9.62. The molecule has 0 aromatic carbocycles. The van der Waals surface area contributed by atoms with Crippen LogP contribution in [-0.2, 0) is 17.9 Å². The predicted octanol–water partition coefficient (Wildman–Crippen LogP) is 0.386. The first-order valence-electron chi connectivity index (χ1n) is 5.30. The lowest BCUT2D eigenvalue weighted by Gasteiger charge is -2.08. The van der Waals surface area contributed by atoms with Gasteiger partial charge in [0.05, 0.1) is 13.1 Å². The second-order valence-corrected chi connectivity index (χ2v) is 3.85. The van der Waals surface area contributed by atoms with E-state index in [2.05, 4.69) is 10.6 Å². The molecule has 0 fully saturated rings. The summed E-state index contributed by atoms with van der Waals surface area (Å²) in [6, 6.07) is 3.64. The molecule has 1 rings (SSSR count). The topological polar surface area (TPSA) is 74.5 Å². The molecule has 1 aromatic heterocycles. The van der Waals surface area contributed by atoms with Gasteiger partial charge in [0, 0.05) is 6.04 Å². The molecule has 1 heterocycles. The van der Waals surface area contributed by atoms with Crippen molar-refractivity contribution in [3.8, 4) is 0 Å². The van der Waals surface area contributed by atoms with Gasteiger partial charge in [-0.1, -0.05) is 0 Å². The fourth-order valence-electron chi connectivity index (χ4n) is 1.27. The molecule has 0 aliphatic carbocycles. The number of hydrogen-bond acceptors (Lipinski definition) is 4. The van der Waals surface area contributed by atoms with E-state index in [-0.39, 0.29) is 25.1 Å². The first kappa shape index (κ1) is 12.7. The third kappa shape index (κ3) is 4.46. The van der Waals surface area contributed by atoms with Crippen molar-refractivity contribution >= 4 is 5.91 Å². The van der Waals surface area contributed by atoms with E-state index in [1.807, 2.05) is 13.8 Å². The first-order valence-corrected chi connectivity index (χ1v) is 5.30. The van der Waals surface area contributed by atoms with Gasteiger partial charge in [0.25, 0.3) is 0 Å². The smallest absolute Gasteiger partial charge is 0.234 e. The van der Waals surface area contributed by atoms with Gasteiger partial charge >= 0.3 is 0 Å². The summed E-state index contributed by atoms with van der Waals surface area (Å²) in [6.45, 7) is 4.46. The molecule has 1 aromatic rings. The van der Waals surface area contributed by atoms with Gasteiger partial charge in [0.2, 0.25) is 5.91 Å². The molecule has 0 saturated carbocycles. The fourth-order valence-corrected chi connectivity index (χ4v) is 1.27. The van der Waals surface area contributed by atoms with E-state index in [1.165, 1.54) is 0 Å². The third-order valence-electron chi connectivity index (χ3n) is 1.91. The number of aliphatic hydroxyl groups excluding tert-OH is 1. The molecule has 16 heavy (non-hydrogen) atoms. The van der Waals surface area contributed by atoms with Crippen molar-refractivity contribution in [1.29, 1.82) is 0 Å². The maximum Gasteiger partial charge on any atom is 0.234 e.